The van der Waals surface area contributed by atoms with Crippen LogP contribution in [0.3, 0.4) is 0 Å². The first-order chi connectivity index (χ1) is 9.31. The summed E-state index contributed by atoms with van der Waals surface area (Å²) >= 11 is 0. The number of anilines is 1. The highest BCUT2D eigenvalue weighted by molar-refractivity contribution is 6.04. The van der Waals surface area contributed by atoms with Crippen molar-refractivity contribution in [2.45, 2.75) is 6.42 Å². The molecule has 2 heterocycles. The fraction of sp³-hybridized carbons (Fsp3) is 0.154. The van der Waals surface area contributed by atoms with E-state index in [1.54, 1.807) is 12.1 Å². The summed E-state index contributed by atoms with van der Waals surface area (Å²) in [5.74, 6) is 5.17. The molecular formula is C13H11N3O3. The molecule has 0 aliphatic heterocycles. The van der Waals surface area contributed by atoms with Gasteiger partial charge in [-0.15, -0.1) is 0 Å². The third kappa shape index (κ3) is 3.40. The number of aliphatic hydroxyl groups excluding tert-OH is 1. The largest absolute Gasteiger partial charge is 0.395 e. The lowest BCUT2D eigenvalue weighted by Crippen LogP contribution is -2.14. The summed E-state index contributed by atoms with van der Waals surface area (Å²) in [7, 11) is 0. The molecule has 0 fully saturated rings. The maximum Gasteiger partial charge on any atom is 0.275 e. The predicted molar refractivity (Wildman–Crippen MR) is 67.3 cm³/mol. The summed E-state index contributed by atoms with van der Waals surface area (Å²) < 4.78 is 4.62. The lowest BCUT2D eigenvalue weighted by Gasteiger charge is -2.02. The Morgan fingerprint density at radius 3 is 3.16 bits per heavy atom. The van der Waals surface area contributed by atoms with Crippen molar-refractivity contribution in [1.29, 1.82) is 0 Å². The first-order valence-corrected chi connectivity index (χ1v) is 5.56. The second-order valence-electron chi connectivity index (χ2n) is 3.54. The topological polar surface area (TPSA) is 88.3 Å². The molecule has 0 saturated carbocycles. The van der Waals surface area contributed by atoms with Crippen LogP contribution < -0.4 is 5.32 Å². The molecule has 0 radical (unpaired) electrons. The molecule has 0 saturated heterocycles. The highest BCUT2D eigenvalue weighted by Gasteiger charge is 2.12. The van der Waals surface area contributed by atoms with E-state index < -0.39 is 5.91 Å². The van der Waals surface area contributed by atoms with Crippen LogP contribution in [-0.4, -0.2) is 27.8 Å². The van der Waals surface area contributed by atoms with E-state index in [0.717, 1.165) is 0 Å². The van der Waals surface area contributed by atoms with E-state index in [2.05, 4.69) is 31.8 Å². The van der Waals surface area contributed by atoms with Crippen LogP contribution in [0.1, 0.15) is 22.5 Å². The van der Waals surface area contributed by atoms with Gasteiger partial charge in [-0.05, 0) is 12.1 Å². The van der Waals surface area contributed by atoms with Crippen molar-refractivity contribution in [2.24, 2.45) is 0 Å². The number of nitrogens with zero attached hydrogens (tertiary/aromatic N) is 2. The SMILES string of the molecule is O=C(Nc1cnoc1)c1ncccc1C#CCCO. The molecular weight excluding hydrogens is 246 g/mol. The third-order valence-electron chi connectivity index (χ3n) is 2.17. The number of aromatic nitrogens is 2. The van der Waals surface area contributed by atoms with Crippen molar-refractivity contribution in [1.82, 2.24) is 10.1 Å². The molecule has 96 valence electrons. The normalized spacial score (nSPS) is 9.53. The van der Waals surface area contributed by atoms with Crippen LogP contribution in [0.25, 0.3) is 0 Å². The van der Waals surface area contributed by atoms with E-state index >= 15 is 0 Å². The molecule has 0 unspecified atom stereocenters. The lowest BCUT2D eigenvalue weighted by molar-refractivity contribution is 0.102. The Bertz CT molecular complexity index is 612. The molecule has 2 N–H and O–H groups in total. The molecule has 6 nitrogen and oxygen atoms in total. The molecule has 2 aromatic heterocycles. The number of rotatable bonds is 3. The van der Waals surface area contributed by atoms with Gasteiger partial charge in [0.2, 0.25) is 0 Å². The van der Waals surface area contributed by atoms with Crippen molar-refractivity contribution in [3.05, 3.63) is 42.0 Å². The average Bonchev–Trinajstić information content (AvgIpc) is 2.92. The van der Waals surface area contributed by atoms with Crippen molar-refractivity contribution < 1.29 is 14.4 Å². The zero-order chi connectivity index (χ0) is 13.5. The summed E-state index contributed by atoms with van der Waals surface area (Å²) in [4.78, 5) is 16.0. The summed E-state index contributed by atoms with van der Waals surface area (Å²) in [6, 6.07) is 3.39. The number of nitrogens with one attached hydrogen (secondary N) is 1. The quantitative estimate of drug-likeness (QED) is 0.802. The van der Waals surface area contributed by atoms with Gasteiger partial charge in [0.25, 0.3) is 5.91 Å². The predicted octanol–water partition coefficient (Wildman–Crippen LogP) is 1.06. The number of hydrogen-bond donors (Lipinski definition) is 2. The van der Waals surface area contributed by atoms with Gasteiger partial charge < -0.3 is 14.9 Å². The smallest absolute Gasteiger partial charge is 0.275 e. The minimum absolute atomic E-state index is 0.0184. The zero-order valence-corrected chi connectivity index (χ0v) is 9.96. The number of amides is 1. The van der Waals surface area contributed by atoms with Gasteiger partial charge in [0.1, 0.15) is 17.6 Å². The monoisotopic (exact) mass is 257 g/mol. The van der Waals surface area contributed by atoms with Crippen LogP contribution in [-0.2, 0) is 0 Å². The van der Waals surface area contributed by atoms with Crippen LogP contribution in [0.2, 0.25) is 0 Å². The fourth-order valence-electron chi connectivity index (χ4n) is 1.36. The molecule has 0 atom stereocenters. The molecule has 0 aromatic carbocycles. The Kier molecular flexibility index (Phi) is 4.26. The number of aliphatic hydroxyl groups is 1. The minimum Gasteiger partial charge on any atom is -0.395 e. The van der Waals surface area contributed by atoms with Gasteiger partial charge in [-0.25, -0.2) is 4.98 Å². The highest BCUT2D eigenvalue weighted by atomic mass is 16.5. The Labute approximate surface area is 109 Å². The van der Waals surface area contributed by atoms with Crippen LogP contribution in [0, 0.1) is 11.8 Å². The van der Waals surface area contributed by atoms with Crippen LogP contribution in [0.15, 0.2) is 35.3 Å². The Hall–Kier alpha value is -2.65. The molecule has 6 heteroatoms. The number of carbonyl (C=O) groups is 1. The van der Waals surface area contributed by atoms with Crippen LogP contribution >= 0.6 is 0 Å². The lowest BCUT2D eigenvalue weighted by atomic mass is 10.2. The molecule has 0 bridgehead atoms. The summed E-state index contributed by atoms with van der Waals surface area (Å²) in [6.45, 7) is -0.0184. The minimum atomic E-state index is -0.392. The van der Waals surface area contributed by atoms with Gasteiger partial charge in [-0.1, -0.05) is 17.0 Å². The second kappa shape index (κ2) is 6.33. The Balaban J connectivity index is 2.20. The molecule has 2 rings (SSSR count). The molecule has 0 aliphatic carbocycles. The van der Waals surface area contributed by atoms with Crippen LogP contribution in [0.4, 0.5) is 5.69 Å². The van der Waals surface area contributed by atoms with Gasteiger partial charge in [-0.3, -0.25) is 4.79 Å². The maximum absolute atomic E-state index is 12.0. The van der Waals surface area contributed by atoms with E-state index in [1.807, 2.05) is 0 Å². The standard InChI is InChI=1S/C13H11N3O3/c17-7-2-1-4-10-5-3-6-14-12(10)13(18)16-11-8-15-19-9-11/h3,5-6,8-9,17H,2,7H2,(H,16,18). The van der Waals surface area contributed by atoms with Gasteiger partial charge >= 0.3 is 0 Å². The molecule has 1 amide bonds. The number of carbonyl (C=O) groups excluding carboxylic acids is 1. The van der Waals surface area contributed by atoms with E-state index in [4.69, 9.17) is 5.11 Å². The Morgan fingerprint density at radius 1 is 1.53 bits per heavy atom. The zero-order valence-electron chi connectivity index (χ0n) is 9.96. The van der Waals surface area contributed by atoms with Crippen molar-refractivity contribution in [2.75, 3.05) is 11.9 Å². The molecule has 0 spiro atoms. The van der Waals surface area contributed by atoms with Gasteiger partial charge in [0.05, 0.1) is 18.4 Å². The third-order valence-corrected chi connectivity index (χ3v) is 2.17. The highest BCUT2D eigenvalue weighted by Crippen LogP contribution is 2.09. The van der Waals surface area contributed by atoms with Gasteiger partial charge in [0.15, 0.2) is 0 Å². The van der Waals surface area contributed by atoms with E-state index in [-0.39, 0.29) is 12.3 Å². The van der Waals surface area contributed by atoms with Gasteiger partial charge in [-0.2, -0.15) is 0 Å². The van der Waals surface area contributed by atoms with Crippen molar-refractivity contribution in [3.8, 4) is 11.8 Å². The number of pyridine rings is 1. The first kappa shape index (κ1) is 12.8. The maximum atomic E-state index is 12.0. The fourth-order valence-corrected chi connectivity index (χ4v) is 1.36. The molecule has 2 aromatic rings. The molecule has 19 heavy (non-hydrogen) atoms. The van der Waals surface area contributed by atoms with E-state index in [0.29, 0.717) is 17.7 Å². The Morgan fingerprint density at radius 2 is 2.42 bits per heavy atom. The average molecular weight is 257 g/mol. The number of hydrogen-bond acceptors (Lipinski definition) is 5. The van der Waals surface area contributed by atoms with E-state index in [1.165, 1.54) is 18.7 Å². The molecule has 0 aliphatic rings. The van der Waals surface area contributed by atoms with Crippen molar-refractivity contribution in [3.63, 3.8) is 0 Å². The summed E-state index contributed by atoms with van der Waals surface area (Å²) in [5, 5.41) is 14.8. The second-order valence-corrected chi connectivity index (χ2v) is 3.54. The van der Waals surface area contributed by atoms with Crippen molar-refractivity contribution >= 4 is 11.6 Å². The summed E-state index contributed by atoms with van der Waals surface area (Å²) in [6.07, 6.45) is 4.57. The first-order valence-electron chi connectivity index (χ1n) is 5.56. The summed E-state index contributed by atoms with van der Waals surface area (Å²) in [5.41, 5.74) is 1.17. The van der Waals surface area contributed by atoms with Gasteiger partial charge in [0, 0.05) is 12.6 Å². The van der Waals surface area contributed by atoms with Crippen LogP contribution in [0.5, 0.6) is 0 Å². The van der Waals surface area contributed by atoms with E-state index in [9.17, 15) is 4.79 Å².